The Labute approximate surface area is 81.4 Å². The molecule has 1 heterocycles. The SMILES string of the molecule is Oc1cc2cc(C(F)F)c(F)cc2s1. The van der Waals surface area contributed by atoms with E-state index in [9.17, 15) is 13.2 Å². The van der Waals surface area contributed by atoms with Crippen molar-refractivity contribution < 1.29 is 18.3 Å². The molecule has 1 nitrogen and oxygen atoms in total. The van der Waals surface area contributed by atoms with Crippen molar-refractivity contribution in [2.45, 2.75) is 6.43 Å². The van der Waals surface area contributed by atoms with Gasteiger partial charge in [0.25, 0.3) is 6.43 Å². The minimum absolute atomic E-state index is 0.00850. The molecule has 0 bridgehead atoms. The van der Waals surface area contributed by atoms with Crippen LogP contribution in [0.1, 0.15) is 12.0 Å². The zero-order valence-corrected chi connectivity index (χ0v) is 7.62. The van der Waals surface area contributed by atoms with Crippen LogP contribution in [0.15, 0.2) is 18.2 Å². The number of alkyl halides is 2. The van der Waals surface area contributed by atoms with E-state index in [2.05, 4.69) is 0 Å². The average Bonchev–Trinajstić information content (AvgIpc) is 2.42. The summed E-state index contributed by atoms with van der Waals surface area (Å²) in [6.07, 6.45) is -2.83. The van der Waals surface area contributed by atoms with Crippen molar-refractivity contribution in [3.05, 3.63) is 29.6 Å². The lowest BCUT2D eigenvalue weighted by molar-refractivity contribution is 0.146. The molecule has 0 spiro atoms. The standard InChI is InChI=1S/C9H5F3OS/c10-6-3-7-4(2-8(13)14-7)1-5(6)9(11)12/h1-3,9,13H. The van der Waals surface area contributed by atoms with Gasteiger partial charge in [-0.1, -0.05) is 11.3 Å². The highest BCUT2D eigenvalue weighted by atomic mass is 32.1. The van der Waals surface area contributed by atoms with Gasteiger partial charge in [-0.25, -0.2) is 13.2 Å². The molecule has 2 rings (SSSR count). The lowest BCUT2D eigenvalue weighted by Gasteiger charge is -2.00. The monoisotopic (exact) mass is 218 g/mol. The second kappa shape index (κ2) is 3.16. The van der Waals surface area contributed by atoms with Gasteiger partial charge in [0.05, 0.1) is 5.56 Å². The highest BCUT2D eigenvalue weighted by Gasteiger charge is 2.15. The fraction of sp³-hybridized carbons (Fsp3) is 0.111. The maximum absolute atomic E-state index is 13.0. The molecule has 0 radical (unpaired) electrons. The highest BCUT2D eigenvalue weighted by molar-refractivity contribution is 7.20. The summed E-state index contributed by atoms with van der Waals surface area (Å²) in [5.41, 5.74) is -0.629. The van der Waals surface area contributed by atoms with Crippen molar-refractivity contribution in [2.24, 2.45) is 0 Å². The van der Waals surface area contributed by atoms with E-state index in [-0.39, 0.29) is 5.06 Å². The summed E-state index contributed by atoms with van der Waals surface area (Å²) < 4.78 is 38.0. The van der Waals surface area contributed by atoms with Crippen LogP contribution in [0.2, 0.25) is 0 Å². The van der Waals surface area contributed by atoms with E-state index in [1.807, 2.05) is 0 Å². The van der Waals surface area contributed by atoms with E-state index >= 15 is 0 Å². The number of rotatable bonds is 1. The first-order valence-corrected chi connectivity index (χ1v) is 4.59. The van der Waals surface area contributed by atoms with E-state index in [1.165, 1.54) is 6.07 Å². The second-order valence-corrected chi connectivity index (χ2v) is 3.86. The molecule has 0 saturated carbocycles. The molecule has 0 fully saturated rings. The van der Waals surface area contributed by atoms with E-state index < -0.39 is 17.8 Å². The van der Waals surface area contributed by atoms with Crippen molar-refractivity contribution in [2.75, 3.05) is 0 Å². The van der Waals surface area contributed by atoms with Gasteiger partial charge in [0.1, 0.15) is 5.82 Å². The third kappa shape index (κ3) is 1.43. The summed E-state index contributed by atoms with van der Waals surface area (Å²) in [6.45, 7) is 0. The Bertz CT molecular complexity index is 478. The highest BCUT2D eigenvalue weighted by Crippen LogP contribution is 2.34. The van der Waals surface area contributed by atoms with Gasteiger partial charge in [-0.2, -0.15) is 0 Å². The van der Waals surface area contributed by atoms with Crippen LogP contribution in [0.4, 0.5) is 13.2 Å². The van der Waals surface area contributed by atoms with Gasteiger partial charge in [0, 0.05) is 4.70 Å². The summed E-state index contributed by atoms with van der Waals surface area (Å²) >= 11 is 0.957. The number of hydrogen-bond acceptors (Lipinski definition) is 2. The van der Waals surface area contributed by atoms with Crippen molar-refractivity contribution in [1.29, 1.82) is 0 Å². The summed E-state index contributed by atoms with van der Waals surface area (Å²) in [7, 11) is 0. The predicted molar refractivity (Wildman–Crippen MR) is 48.4 cm³/mol. The summed E-state index contributed by atoms with van der Waals surface area (Å²) in [5, 5.41) is 9.51. The van der Waals surface area contributed by atoms with Crippen LogP contribution < -0.4 is 0 Å². The zero-order valence-electron chi connectivity index (χ0n) is 6.80. The molecule has 0 atom stereocenters. The third-order valence-electron chi connectivity index (χ3n) is 1.86. The van der Waals surface area contributed by atoms with Crippen LogP contribution in [0.25, 0.3) is 10.1 Å². The van der Waals surface area contributed by atoms with E-state index in [1.54, 1.807) is 0 Å². The van der Waals surface area contributed by atoms with Crippen LogP contribution in [0, 0.1) is 5.82 Å². The number of halogens is 3. The van der Waals surface area contributed by atoms with Gasteiger partial charge in [-0.15, -0.1) is 0 Å². The summed E-state index contributed by atoms with van der Waals surface area (Å²) in [6, 6.07) is 3.41. The molecule has 0 aliphatic carbocycles. The van der Waals surface area contributed by atoms with E-state index in [4.69, 9.17) is 5.11 Å². The molecule has 74 valence electrons. The van der Waals surface area contributed by atoms with E-state index in [0.29, 0.717) is 10.1 Å². The number of aromatic hydroxyl groups is 1. The van der Waals surface area contributed by atoms with Crippen LogP contribution in [-0.4, -0.2) is 5.11 Å². The van der Waals surface area contributed by atoms with Crippen LogP contribution in [0.3, 0.4) is 0 Å². The Morgan fingerprint density at radius 2 is 1.93 bits per heavy atom. The first kappa shape index (κ1) is 9.33. The molecule has 1 aromatic carbocycles. The fourth-order valence-corrected chi connectivity index (χ4v) is 2.04. The summed E-state index contributed by atoms with van der Waals surface area (Å²) in [5.74, 6) is -0.936. The largest absolute Gasteiger partial charge is 0.499 e. The predicted octanol–water partition coefficient (Wildman–Crippen LogP) is 3.68. The van der Waals surface area contributed by atoms with Gasteiger partial charge in [-0.3, -0.25) is 0 Å². The first-order valence-electron chi connectivity index (χ1n) is 3.78. The lowest BCUT2D eigenvalue weighted by Crippen LogP contribution is -1.89. The van der Waals surface area contributed by atoms with Gasteiger partial charge >= 0.3 is 0 Å². The Balaban J connectivity index is 2.70. The average molecular weight is 218 g/mol. The molecule has 0 aliphatic heterocycles. The van der Waals surface area contributed by atoms with E-state index in [0.717, 1.165) is 23.5 Å². The minimum atomic E-state index is -2.83. The molecule has 1 aromatic heterocycles. The Kier molecular flexibility index (Phi) is 2.11. The zero-order chi connectivity index (χ0) is 10.3. The molecule has 0 unspecified atom stereocenters. The van der Waals surface area contributed by atoms with Crippen LogP contribution >= 0.6 is 11.3 Å². The molecule has 0 aliphatic rings. The topological polar surface area (TPSA) is 20.2 Å². The van der Waals surface area contributed by atoms with Crippen molar-refractivity contribution in [3.8, 4) is 5.06 Å². The number of fused-ring (bicyclic) bond motifs is 1. The number of thiophene rings is 1. The van der Waals surface area contributed by atoms with Crippen molar-refractivity contribution >= 4 is 21.4 Å². The third-order valence-corrected chi connectivity index (χ3v) is 2.76. The maximum atomic E-state index is 13.0. The quantitative estimate of drug-likeness (QED) is 0.774. The number of hydrogen-bond donors (Lipinski definition) is 1. The molecule has 14 heavy (non-hydrogen) atoms. The fourth-order valence-electron chi connectivity index (χ4n) is 1.23. The van der Waals surface area contributed by atoms with Crippen molar-refractivity contribution in [1.82, 2.24) is 0 Å². The normalized spacial score (nSPS) is 11.4. The van der Waals surface area contributed by atoms with Crippen LogP contribution in [0.5, 0.6) is 5.06 Å². The molecule has 5 heteroatoms. The summed E-state index contributed by atoms with van der Waals surface area (Å²) in [4.78, 5) is 0. The van der Waals surface area contributed by atoms with Gasteiger partial charge in [0.15, 0.2) is 5.06 Å². The molecule has 0 saturated heterocycles. The van der Waals surface area contributed by atoms with Crippen molar-refractivity contribution in [3.63, 3.8) is 0 Å². The smallest absolute Gasteiger partial charge is 0.266 e. The first-order chi connectivity index (χ1) is 6.58. The Morgan fingerprint density at radius 1 is 1.21 bits per heavy atom. The van der Waals surface area contributed by atoms with Crippen LogP contribution in [-0.2, 0) is 0 Å². The van der Waals surface area contributed by atoms with Gasteiger partial charge in [0.2, 0.25) is 0 Å². The molecular formula is C9H5F3OS. The minimum Gasteiger partial charge on any atom is -0.499 e. The number of benzene rings is 1. The molecule has 2 aromatic rings. The maximum Gasteiger partial charge on any atom is 0.266 e. The molecule has 1 N–H and O–H groups in total. The van der Waals surface area contributed by atoms with Gasteiger partial charge < -0.3 is 5.11 Å². The Morgan fingerprint density at radius 3 is 2.57 bits per heavy atom. The van der Waals surface area contributed by atoms with Gasteiger partial charge in [-0.05, 0) is 23.6 Å². The molecule has 0 amide bonds. The Hall–Kier alpha value is -1.23. The lowest BCUT2D eigenvalue weighted by atomic mass is 10.1. The molecular weight excluding hydrogens is 213 g/mol. The second-order valence-electron chi connectivity index (χ2n) is 2.80.